The highest BCUT2D eigenvalue weighted by Gasteiger charge is 2.13. The van der Waals surface area contributed by atoms with Crippen molar-refractivity contribution in [3.63, 3.8) is 0 Å². The van der Waals surface area contributed by atoms with Crippen molar-refractivity contribution in [3.8, 4) is 6.07 Å². The molecule has 0 aliphatic carbocycles. The molecule has 18 heavy (non-hydrogen) atoms. The molecule has 0 aromatic heterocycles. The fraction of sp³-hybridized carbons (Fsp3) is 0.429. The van der Waals surface area contributed by atoms with Crippen LogP contribution < -0.4 is 4.90 Å². The van der Waals surface area contributed by atoms with Crippen LogP contribution in [0.25, 0.3) is 0 Å². The van der Waals surface area contributed by atoms with Crippen LogP contribution in [0.1, 0.15) is 37.6 Å². The van der Waals surface area contributed by atoms with Gasteiger partial charge < -0.3 is 4.90 Å². The van der Waals surface area contributed by atoms with Crippen LogP contribution in [0.5, 0.6) is 0 Å². The molecule has 0 unspecified atom stereocenters. The molecule has 96 valence electrons. The molecule has 3 nitrogen and oxygen atoms in total. The van der Waals surface area contributed by atoms with E-state index in [4.69, 9.17) is 5.26 Å². The Kier molecular flexibility index (Phi) is 5.36. The molecule has 0 aliphatic rings. The Morgan fingerprint density at radius 1 is 1.50 bits per heavy atom. The van der Waals surface area contributed by atoms with Crippen LogP contribution in [0.3, 0.4) is 0 Å². The van der Waals surface area contributed by atoms with Gasteiger partial charge in [-0.25, -0.2) is 0 Å². The molecular weight excluding hydrogens is 292 g/mol. The smallest absolute Gasteiger partial charge is 0.160 e. The van der Waals surface area contributed by atoms with Crippen molar-refractivity contribution in [2.24, 2.45) is 0 Å². The molecule has 1 rings (SSSR count). The Labute approximate surface area is 117 Å². The summed E-state index contributed by atoms with van der Waals surface area (Å²) in [6.07, 6.45) is 0.490. The van der Waals surface area contributed by atoms with Gasteiger partial charge in [-0.1, -0.05) is 0 Å². The Bertz CT molecular complexity index is 477. The van der Waals surface area contributed by atoms with E-state index in [2.05, 4.69) is 40.7 Å². The summed E-state index contributed by atoms with van der Waals surface area (Å²) in [5.74, 6) is 0.0431. The Morgan fingerprint density at radius 2 is 2.17 bits per heavy atom. The van der Waals surface area contributed by atoms with Gasteiger partial charge in [-0.05, 0) is 54.9 Å². The molecule has 0 amide bonds. The summed E-state index contributed by atoms with van der Waals surface area (Å²) >= 11 is 3.42. The zero-order valence-corrected chi connectivity index (χ0v) is 12.5. The molecule has 0 fully saturated rings. The van der Waals surface area contributed by atoms with E-state index in [-0.39, 0.29) is 5.78 Å². The van der Waals surface area contributed by atoms with Gasteiger partial charge >= 0.3 is 0 Å². The van der Waals surface area contributed by atoms with E-state index in [9.17, 15) is 4.79 Å². The molecule has 1 aromatic carbocycles. The second-order valence-corrected chi connectivity index (χ2v) is 5.27. The van der Waals surface area contributed by atoms with E-state index in [1.807, 2.05) is 18.2 Å². The van der Waals surface area contributed by atoms with Gasteiger partial charge in [0, 0.05) is 28.3 Å². The van der Waals surface area contributed by atoms with Crippen LogP contribution >= 0.6 is 15.9 Å². The predicted molar refractivity (Wildman–Crippen MR) is 76.9 cm³/mol. The van der Waals surface area contributed by atoms with Crippen LogP contribution in [0.15, 0.2) is 22.7 Å². The monoisotopic (exact) mass is 308 g/mol. The molecule has 0 heterocycles. The molecule has 0 N–H and O–H groups in total. The van der Waals surface area contributed by atoms with E-state index in [1.165, 1.54) is 0 Å². The number of nitriles is 1. The maximum Gasteiger partial charge on any atom is 0.160 e. The zero-order chi connectivity index (χ0) is 13.7. The standard InChI is InChI=1S/C14H17BrN2O/c1-10(2)17(8-4-7-16)12-5-6-13(11(3)18)14(15)9-12/h5-6,9-10H,4,8H2,1-3H3. The van der Waals surface area contributed by atoms with Crippen LogP contribution in [0.2, 0.25) is 0 Å². The predicted octanol–water partition coefficient (Wildman–Crippen LogP) is 3.78. The Morgan fingerprint density at radius 3 is 2.61 bits per heavy atom. The number of hydrogen-bond acceptors (Lipinski definition) is 3. The summed E-state index contributed by atoms with van der Waals surface area (Å²) in [6, 6.07) is 8.16. The van der Waals surface area contributed by atoms with Gasteiger partial charge in [-0.3, -0.25) is 4.79 Å². The van der Waals surface area contributed by atoms with Crippen molar-refractivity contribution in [3.05, 3.63) is 28.2 Å². The first kappa shape index (κ1) is 14.7. The van der Waals surface area contributed by atoms with Gasteiger partial charge in [-0.2, -0.15) is 5.26 Å². The topological polar surface area (TPSA) is 44.1 Å². The third-order valence-electron chi connectivity index (χ3n) is 2.75. The quantitative estimate of drug-likeness (QED) is 0.778. The lowest BCUT2D eigenvalue weighted by molar-refractivity contribution is 0.101. The third kappa shape index (κ3) is 3.58. The second kappa shape index (κ2) is 6.55. The van der Waals surface area contributed by atoms with Crippen molar-refractivity contribution in [2.75, 3.05) is 11.4 Å². The highest BCUT2D eigenvalue weighted by atomic mass is 79.9. The van der Waals surface area contributed by atoms with Crippen molar-refractivity contribution in [1.29, 1.82) is 5.26 Å². The lowest BCUT2D eigenvalue weighted by Crippen LogP contribution is -2.31. The van der Waals surface area contributed by atoms with Gasteiger partial charge in [-0.15, -0.1) is 0 Å². The van der Waals surface area contributed by atoms with Crippen LogP contribution in [-0.4, -0.2) is 18.4 Å². The summed E-state index contributed by atoms with van der Waals surface area (Å²) in [4.78, 5) is 13.5. The summed E-state index contributed by atoms with van der Waals surface area (Å²) in [7, 11) is 0. The lowest BCUT2D eigenvalue weighted by atomic mass is 10.1. The largest absolute Gasteiger partial charge is 0.368 e. The highest BCUT2D eigenvalue weighted by molar-refractivity contribution is 9.10. The number of halogens is 1. The number of ketones is 1. The highest BCUT2D eigenvalue weighted by Crippen LogP contribution is 2.26. The first-order chi connectivity index (χ1) is 8.47. The summed E-state index contributed by atoms with van der Waals surface area (Å²) in [6.45, 7) is 6.42. The number of nitrogens with zero attached hydrogens (tertiary/aromatic N) is 2. The van der Waals surface area contributed by atoms with Crippen LogP contribution in [-0.2, 0) is 0 Å². The van der Waals surface area contributed by atoms with Crippen molar-refractivity contribution < 1.29 is 4.79 Å². The number of hydrogen-bond donors (Lipinski definition) is 0. The average Bonchev–Trinajstić information content (AvgIpc) is 2.28. The molecule has 0 spiro atoms. The number of Topliss-reactive ketones (excluding diaryl/α,β-unsaturated/α-hetero) is 1. The van der Waals surface area contributed by atoms with Gasteiger partial charge in [0.1, 0.15) is 0 Å². The minimum atomic E-state index is 0.0431. The molecule has 0 aliphatic heterocycles. The first-order valence-corrected chi connectivity index (χ1v) is 6.70. The normalized spacial score (nSPS) is 10.2. The van der Waals surface area contributed by atoms with E-state index in [0.717, 1.165) is 10.2 Å². The van der Waals surface area contributed by atoms with Gasteiger partial charge in [0.2, 0.25) is 0 Å². The van der Waals surface area contributed by atoms with E-state index < -0.39 is 0 Å². The fourth-order valence-electron chi connectivity index (χ4n) is 1.82. The number of anilines is 1. The minimum absolute atomic E-state index is 0.0431. The van der Waals surface area contributed by atoms with Gasteiger partial charge in [0.25, 0.3) is 0 Å². The molecule has 0 saturated heterocycles. The SMILES string of the molecule is CC(=O)c1ccc(N(CCC#N)C(C)C)cc1Br. The van der Waals surface area contributed by atoms with Crippen molar-refractivity contribution in [2.45, 2.75) is 33.2 Å². The summed E-state index contributed by atoms with van der Waals surface area (Å²) in [5, 5.41) is 8.68. The van der Waals surface area contributed by atoms with E-state index in [0.29, 0.717) is 24.6 Å². The Hall–Kier alpha value is -1.34. The van der Waals surface area contributed by atoms with Crippen molar-refractivity contribution >= 4 is 27.4 Å². The molecule has 1 aromatic rings. The Balaban J connectivity index is 3.03. The maximum absolute atomic E-state index is 11.4. The zero-order valence-electron chi connectivity index (χ0n) is 10.9. The molecule has 0 bridgehead atoms. The molecular formula is C14H17BrN2O. The number of carbonyl (C=O) groups excluding carboxylic acids is 1. The number of rotatable bonds is 5. The fourth-order valence-corrected chi connectivity index (χ4v) is 2.47. The summed E-state index contributed by atoms with van der Waals surface area (Å²) < 4.78 is 0.801. The van der Waals surface area contributed by atoms with Crippen LogP contribution in [0.4, 0.5) is 5.69 Å². The van der Waals surface area contributed by atoms with Gasteiger partial charge in [0.15, 0.2) is 5.78 Å². The third-order valence-corrected chi connectivity index (χ3v) is 3.41. The van der Waals surface area contributed by atoms with E-state index in [1.54, 1.807) is 6.92 Å². The molecule has 0 saturated carbocycles. The number of carbonyl (C=O) groups is 1. The summed E-state index contributed by atoms with van der Waals surface area (Å²) in [5.41, 5.74) is 1.71. The van der Waals surface area contributed by atoms with Crippen LogP contribution in [0, 0.1) is 11.3 Å². The second-order valence-electron chi connectivity index (χ2n) is 4.42. The average molecular weight is 309 g/mol. The molecule has 0 atom stereocenters. The molecule has 4 heteroatoms. The maximum atomic E-state index is 11.4. The van der Waals surface area contributed by atoms with Crippen molar-refractivity contribution in [1.82, 2.24) is 0 Å². The first-order valence-electron chi connectivity index (χ1n) is 5.91. The van der Waals surface area contributed by atoms with E-state index >= 15 is 0 Å². The minimum Gasteiger partial charge on any atom is -0.368 e. The molecule has 0 radical (unpaired) electrons. The number of benzene rings is 1. The lowest BCUT2D eigenvalue weighted by Gasteiger charge is -2.28. The van der Waals surface area contributed by atoms with Gasteiger partial charge in [0.05, 0.1) is 12.5 Å².